The molecule has 1 aromatic carbocycles. The summed E-state index contributed by atoms with van der Waals surface area (Å²) in [5, 5.41) is 9.34. The van der Waals surface area contributed by atoms with Crippen LogP contribution in [0.4, 0.5) is 5.13 Å². The maximum absolute atomic E-state index is 12.2. The Kier molecular flexibility index (Phi) is 7.78. The van der Waals surface area contributed by atoms with Gasteiger partial charge in [-0.25, -0.2) is 4.98 Å². The van der Waals surface area contributed by atoms with E-state index in [9.17, 15) is 14.4 Å². The normalized spacial score (nSPS) is 10.5. The number of halogens is 1. The average molecular weight is 477 g/mol. The van der Waals surface area contributed by atoms with Crippen LogP contribution in [0.1, 0.15) is 33.5 Å². The van der Waals surface area contributed by atoms with Crippen LogP contribution in [0.15, 0.2) is 36.4 Å². The lowest BCUT2D eigenvalue weighted by Gasteiger charge is -2.05. The molecule has 31 heavy (non-hydrogen) atoms. The Hall–Kier alpha value is -2.75. The quantitative estimate of drug-likeness (QED) is 0.453. The third kappa shape index (κ3) is 6.61. The molecule has 7 nitrogen and oxygen atoms in total. The highest BCUT2D eigenvalue weighted by Crippen LogP contribution is 2.34. The fourth-order valence-corrected chi connectivity index (χ4v) is 4.69. The molecule has 0 fully saturated rings. The van der Waals surface area contributed by atoms with Crippen LogP contribution in [0, 0.1) is 6.92 Å². The van der Waals surface area contributed by atoms with Crippen molar-refractivity contribution in [1.29, 1.82) is 0 Å². The van der Waals surface area contributed by atoms with Gasteiger partial charge < -0.3 is 16.0 Å². The molecule has 3 aromatic rings. The summed E-state index contributed by atoms with van der Waals surface area (Å²) >= 11 is 8.76. The minimum Gasteiger partial charge on any atom is -0.352 e. The number of amides is 3. The van der Waals surface area contributed by atoms with Crippen molar-refractivity contribution in [1.82, 2.24) is 15.6 Å². The second-order valence-electron chi connectivity index (χ2n) is 6.66. The first-order valence-electron chi connectivity index (χ1n) is 9.46. The van der Waals surface area contributed by atoms with Gasteiger partial charge in [0.1, 0.15) is 0 Å². The highest BCUT2D eigenvalue weighted by molar-refractivity contribution is 7.18. The van der Waals surface area contributed by atoms with Crippen LogP contribution < -0.4 is 16.0 Å². The van der Waals surface area contributed by atoms with Gasteiger partial charge in [0.2, 0.25) is 11.8 Å². The molecule has 0 saturated carbocycles. The summed E-state index contributed by atoms with van der Waals surface area (Å²) in [5.41, 5.74) is 1.30. The van der Waals surface area contributed by atoms with E-state index in [2.05, 4.69) is 20.9 Å². The van der Waals surface area contributed by atoms with E-state index >= 15 is 0 Å². The van der Waals surface area contributed by atoms with Gasteiger partial charge in [-0.15, -0.1) is 22.7 Å². The molecule has 3 N–H and O–H groups in total. The Morgan fingerprint density at radius 1 is 1.03 bits per heavy atom. The molecule has 2 heterocycles. The number of hydrogen-bond donors (Lipinski definition) is 3. The lowest BCUT2D eigenvalue weighted by Crippen LogP contribution is -2.27. The van der Waals surface area contributed by atoms with E-state index in [-0.39, 0.29) is 30.7 Å². The molecule has 0 unspecified atom stereocenters. The monoisotopic (exact) mass is 476 g/mol. The topological polar surface area (TPSA) is 100 Å². The van der Waals surface area contributed by atoms with Crippen LogP contribution in [-0.4, -0.2) is 29.3 Å². The van der Waals surface area contributed by atoms with Crippen molar-refractivity contribution in [2.45, 2.75) is 26.8 Å². The van der Waals surface area contributed by atoms with Gasteiger partial charge in [-0.3, -0.25) is 14.4 Å². The number of aromatic nitrogens is 1. The zero-order valence-electron chi connectivity index (χ0n) is 17.0. The molecule has 3 rings (SSSR count). The van der Waals surface area contributed by atoms with Gasteiger partial charge >= 0.3 is 0 Å². The SMILES string of the molecule is CC(=O)NCc1ccc(-c2nc(NC(=O)CCNC(=O)c3ccc(Cl)cc3)sc2C)s1. The number of thiophene rings is 1. The smallest absolute Gasteiger partial charge is 0.251 e. The van der Waals surface area contributed by atoms with E-state index in [0.29, 0.717) is 22.3 Å². The van der Waals surface area contributed by atoms with Crippen molar-refractivity contribution >= 4 is 57.1 Å². The van der Waals surface area contributed by atoms with Gasteiger partial charge in [0.05, 0.1) is 17.1 Å². The molecule has 0 aliphatic rings. The third-order valence-electron chi connectivity index (χ3n) is 4.19. The Bertz CT molecular complexity index is 1090. The average Bonchev–Trinajstić information content (AvgIpc) is 3.33. The number of nitrogens with one attached hydrogen (secondary N) is 3. The first kappa shape index (κ1) is 22.9. The summed E-state index contributed by atoms with van der Waals surface area (Å²) < 4.78 is 0. The minimum atomic E-state index is -0.260. The van der Waals surface area contributed by atoms with E-state index < -0.39 is 0 Å². The number of hydrogen-bond acceptors (Lipinski definition) is 6. The zero-order valence-corrected chi connectivity index (χ0v) is 19.3. The lowest BCUT2D eigenvalue weighted by atomic mass is 10.2. The maximum Gasteiger partial charge on any atom is 0.251 e. The predicted molar refractivity (Wildman–Crippen MR) is 125 cm³/mol. The van der Waals surface area contributed by atoms with E-state index in [0.717, 1.165) is 20.3 Å². The van der Waals surface area contributed by atoms with Crippen molar-refractivity contribution in [3.63, 3.8) is 0 Å². The molecule has 3 amide bonds. The summed E-state index contributed by atoms with van der Waals surface area (Å²) in [6, 6.07) is 10.5. The fraction of sp³-hybridized carbons (Fsp3) is 0.238. The molecule has 0 aliphatic heterocycles. The van der Waals surface area contributed by atoms with Crippen LogP contribution in [-0.2, 0) is 16.1 Å². The largest absolute Gasteiger partial charge is 0.352 e. The molecule has 0 bridgehead atoms. The van der Waals surface area contributed by atoms with Crippen LogP contribution in [0.2, 0.25) is 5.02 Å². The van der Waals surface area contributed by atoms with E-state index in [1.165, 1.54) is 18.3 Å². The number of carbonyl (C=O) groups excluding carboxylic acids is 3. The number of benzene rings is 1. The molecule has 2 aromatic heterocycles. The summed E-state index contributed by atoms with van der Waals surface area (Å²) in [7, 11) is 0. The number of nitrogens with zero attached hydrogens (tertiary/aromatic N) is 1. The summed E-state index contributed by atoms with van der Waals surface area (Å²) in [5.74, 6) is -0.562. The molecule has 0 spiro atoms. The van der Waals surface area contributed by atoms with Gasteiger partial charge in [-0.2, -0.15) is 0 Å². The van der Waals surface area contributed by atoms with E-state index in [4.69, 9.17) is 11.6 Å². The highest BCUT2D eigenvalue weighted by Gasteiger charge is 2.14. The molecule has 0 atom stereocenters. The Morgan fingerprint density at radius 2 is 1.77 bits per heavy atom. The van der Waals surface area contributed by atoms with Crippen LogP contribution in [0.5, 0.6) is 0 Å². The Labute approximate surface area is 192 Å². The number of thiazole rings is 1. The van der Waals surface area contributed by atoms with Gasteiger partial charge in [-0.05, 0) is 43.3 Å². The first-order valence-corrected chi connectivity index (χ1v) is 11.5. The Balaban J connectivity index is 1.51. The standard InChI is InChI=1S/C21H21ClN4O3S2/c1-12-19(17-8-7-16(31-17)11-24-13(2)27)26-21(30-12)25-18(28)9-10-23-20(29)14-3-5-15(22)6-4-14/h3-8H,9-11H2,1-2H3,(H,23,29)(H,24,27)(H,25,26,28). The van der Waals surface area contributed by atoms with Crippen LogP contribution in [0.3, 0.4) is 0 Å². The zero-order chi connectivity index (χ0) is 22.4. The fourth-order valence-electron chi connectivity index (χ4n) is 2.66. The second-order valence-corrected chi connectivity index (χ2v) is 9.47. The molecular weight excluding hydrogens is 456 g/mol. The molecule has 0 saturated heterocycles. The van der Waals surface area contributed by atoms with Crippen LogP contribution in [0.25, 0.3) is 10.6 Å². The molecule has 0 aliphatic carbocycles. The van der Waals surface area contributed by atoms with Crippen molar-refractivity contribution < 1.29 is 14.4 Å². The number of carbonyl (C=O) groups is 3. The summed E-state index contributed by atoms with van der Waals surface area (Å²) in [4.78, 5) is 42.9. The van der Waals surface area contributed by atoms with E-state index in [1.54, 1.807) is 35.6 Å². The van der Waals surface area contributed by atoms with Crippen molar-refractivity contribution in [2.75, 3.05) is 11.9 Å². The maximum atomic E-state index is 12.2. The van der Waals surface area contributed by atoms with Crippen LogP contribution >= 0.6 is 34.3 Å². The molecule has 162 valence electrons. The Morgan fingerprint density at radius 3 is 2.48 bits per heavy atom. The van der Waals surface area contributed by atoms with E-state index in [1.807, 2.05) is 19.1 Å². The molecular formula is C21H21ClN4O3S2. The number of aryl methyl sites for hydroxylation is 1. The second kappa shape index (κ2) is 10.5. The van der Waals surface area contributed by atoms with Gasteiger partial charge in [-0.1, -0.05) is 11.6 Å². The minimum absolute atomic E-state index is 0.0749. The number of rotatable bonds is 8. The van der Waals surface area contributed by atoms with Crippen molar-refractivity contribution in [3.05, 3.63) is 56.7 Å². The highest BCUT2D eigenvalue weighted by atomic mass is 35.5. The number of anilines is 1. The van der Waals surface area contributed by atoms with Crippen molar-refractivity contribution in [2.24, 2.45) is 0 Å². The van der Waals surface area contributed by atoms with Gasteiger partial charge in [0.15, 0.2) is 5.13 Å². The third-order valence-corrected chi connectivity index (χ3v) is 6.42. The predicted octanol–water partition coefficient (Wildman–Crippen LogP) is 4.23. The summed E-state index contributed by atoms with van der Waals surface area (Å²) in [6.45, 7) is 4.12. The molecule has 0 radical (unpaired) electrons. The summed E-state index contributed by atoms with van der Waals surface area (Å²) in [6.07, 6.45) is 0.132. The van der Waals surface area contributed by atoms with Gasteiger partial charge in [0.25, 0.3) is 5.91 Å². The first-order chi connectivity index (χ1) is 14.8. The lowest BCUT2D eigenvalue weighted by molar-refractivity contribution is -0.119. The van der Waals surface area contributed by atoms with Crippen molar-refractivity contribution in [3.8, 4) is 10.6 Å². The van der Waals surface area contributed by atoms with Gasteiger partial charge in [0, 0.05) is 40.2 Å². The molecule has 10 heteroatoms.